The van der Waals surface area contributed by atoms with Crippen LogP contribution in [0.5, 0.6) is 5.75 Å². The fourth-order valence-corrected chi connectivity index (χ4v) is 2.83. The molecule has 0 aliphatic heterocycles. The molecule has 0 saturated heterocycles. The third kappa shape index (κ3) is 5.08. The number of halogens is 1. The fourth-order valence-electron chi connectivity index (χ4n) is 2.55. The first-order valence-electron chi connectivity index (χ1n) is 8.58. The number of methoxy groups -OCH3 is 1. The molecule has 0 atom stereocenters. The zero-order valence-electron chi connectivity index (χ0n) is 15.2. The van der Waals surface area contributed by atoms with Gasteiger partial charge in [-0.05, 0) is 55.3 Å². The van der Waals surface area contributed by atoms with Crippen molar-refractivity contribution in [3.8, 4) is 17.1 Å². The van der Waals surface area contributed by atoms with Gasteiger partial charge in [0.15, 0.2) is 0 Å². The SMILES string of the molecule is COc1ccc(-c2noc(CCCC(=O)Nc3ccc(C)cc3Cl)n2)cc1. The highest BCUT2D eigenvalue weighted by atomic mass is 35.5. The van der Waals surface area contributed by atoms with Gasteiger partial charge in [-0.3, -0.25) is 4.79 Å². The molecule has 1 N–H and O–H groups in total. The molecule has 1 amide bonds. The van der Waals surface area contributed by atoms with E-state index in [1.54, 1.807) is 13.2 Å². The topological polar surface area (TPSA) is 77.2 Å². The molecule has 0 aliphatic rings. The van der Waals surface area contributed by atoms with Gasteiger partial charge in [-0.1, -0.05) is 22.8 Å². The predicted molar refractivity (Wildman–Crippen MR) is 104 cm³/mol. The first kappa shape index (κ1) is 18.9. The highest BCUT2D eigenvalue weighted by Crippen LogP contribution is 2.23. The summed E-state index contributed by atoms with van der Waals surface area (Å²) in [7, 11) is 1.62. The zero-order chi connectivity index (χ0) is 19.2. The summed E-state index contributed by atoms with van der Waals surface area (Å²) in [6.45, 7) is 1.95. The Balaban J connectivity index is 1.50. The van der Waals surface area contributed by atoms with Crippen LogP contribution in [0.1, 0.15) is 24.3 Å². The third-order valence-corrected chi connectivity index (χ3v) is 4.32. The van der Waals surface area contributed by atoms with E-state index in [2.05, 4.69) is 15.5 Å². The maximum Gasteiger partial charge on any atom is 0.226 e. The van der Waals surface area contributed by atoms with Crippen LogP contribution in [0.25, 0.3) is 11.4 Å². The molecule has 0 spiro atoms. The molecule has 0 saturated carbocycles. The molecular weight excluding hydrogens is 366 g/mol. The van der Waals surface area contributed by atoms with E-state index < -0.39 is 0 Å². The van der Waals surface area contributed by atoms with Gasteiger partial charge in [0.2, 0.25) is 17.6 Å². The molecule has 1 heterocycles. The summed E-state index contributed by atoms with van der Waals surface area (Å²) in [6.07, 6.45) is 1.46. The number of aryl methyl sites for hydroxylation is 2. The predicted octanol–water partition coefficient (Wildman–Crippen LogP) is 4.67. The number of amides is 1. The van der Waals surface area contributed by atoms with E-state index in [4.69, 9.17) is 20.9 Å². The highest BCUT2D eigenvalue weighted by molar-refractivity contribution is 6.33. The van der Waals surface area contributed by atoms with Crippen molar-refractivity contribution >= 4 is 23.2 Å². The van der Waals surface area contributed by atoms with Gasteiger partial charge in [0.1, 0.15) is 5.75 Å². The summed E-state index contributed by atoms with van der Waals surface area (Å²) >= 11 is 6.13. The number of aromatic nitrogens is 2. The van der Waals surface area contributed by atoms with E-state index in [-0.39, 0.29) is 5.91 Å². The zero-order valence-corrected chi connectivity index (χ0v) is 15.9. The monoisotopic (exact) mass is 385 g/mol. The molecule has 1 aromatic heterocycles. The van der Waals surface area contributed by atoms with Crippen LogP contribution >= 0.6 is 11.6 Å². The van der Waals surface area contributed by atoms with Crippen molar-refractivity contribution in [1.82, 2.24) is 10.1 Å². The Kier molecular flexibility index (Phi) is 6.08. The van der Waals surface area contributed by atoms with Crippen LogP contribution in [0.3, 0.4) is 0 Å². The minimum Gasteiger partial charge on any atom is -0.497 e. The molecule has 3 aromatic rings. The van der Waals surface area contributed by atoms with E-state index in [0.29, 0.717) is 41.7 Å². The van der Waals surface area contributed by atoms with E-state index in [9.17, 15) is 4.79 Å². The standard InChI is InChI=1S/C20H20ClN3O3/c1-13-6-11-17(16(21)12-13)22-18(25)4-3-5-19-23-20(24-27-19)14-7-9-15(26-2)10-8-14/h6-12H,3-5H2,1-2H3,(H,22,25). The molecule has 0 fully saturated rings. The Hall–Kier alpha value is -2.86. The van der Waals surface area contributed by atoms with Gasteiger partial charge in [0.05, 0.1) is 17.8 Å². The average molecular weight is 386 g/mol. The van der Waals surface area contributed by atoms with Crippen LogP contribution in [0.2, 0.25) is 5.02 Å². The maximum atomic E-state index is 12.1. The minimum atomic E-state index is -0.101. The minimum absolute atomic E-state index is 0.101. The first-order chi connectivity index (χ1) is 13.0. The van der Waals surface area contributed by atoms with Gasteiger partial charge in [-0.2, -0.15) is 4.98 Å². The number of hydrogen-bond acceptors (Lipinski definition) is 5. The van der Waals surface area contributed by atoms with Crippen LogP contribution in [0.15, 0.2) is 47.0 Å². The second-order valence-corrected chi connectivity index (χ2v) is 6.53. The summed E-state index contributed by atoms with van der Waals surface area (Å²) in [4.78, 5) is 16.4. The van der Waals surface area contributed by atoms with E-state index >= 15 is 0 Å². The lowest BCUT2D eigenvalue weighted by atomic mass is 10.2. The summed E-state index contributed by atoms with van der Waals surface area (Å²) in [5.41, 5.74) is 2.51. The Morgan fingerprint density at radius 1 is 1.22 bits per heavy atom. The van der Waals surface area contributed by atoms with Crippen molar-refractivity contribution in [2.75, 3.05) is 12.4 Å². The number of hydrogen-bond donors (Lipinski definition) is 1. The lowest BCUT2D eigenvalue weighted by Crippen LogP contribution is -2.11. The molecule has 0 bridgehead atoms. The normalized spacial score (nSPS) is 10.6. The van der Waals surface area contributed by atoms with E-state index in [1.807, 2.05) is 43.3 Å². The quantitative estimate of drug-likeness (QED) is 0.639. The van der Waals surface area contributed by atoms with Crippen molar-refractivity contribution in [1.29, 1.82) is 0 Å². The van der Waals surface area contributed by atoms with Gasteiger partial charge >= 0.3 is 0 Å². The lowest BCUT2D eigenvalue weighted by molar-refractivity contribution is -0.116. The number of benzene rings is 2. The smallest absolute Gasteiger partial charge is 0.226 e. The van der Waals surface area contributed by atoms with E-state index in [1.165, 1.54) is 0 Å². The van der Waals surface area contributed by atoms with Gasteiger partial charge < -0.3 is 14.6 Å². The average Bonchev–Trinajstić information content (AvgIpc) is 3.13. The number of carbonyl (C=O) groups excluding carboxylic acids is 1. The van der Waals surface area contributed by atoms with Gasteiger partial charge in [0.25, 0.3) is 0 Å². The molecule has 7 heteroatoms. The molecule has 0 aliphatic carbocycles. The number of nitrogens with zero attached hydrogens (tertiary/aromatic N) is 2. The van der Waals surface area contributed by atoms with Crippen molar-refractivity contribution in [3.63, 3.8) is 0 Å². The van der Waals surface area contributed by atoms with Crippen LogP contribution in [-0.4, -0.2) is 23.2 Å². The second-order valence-electron chi connectivity index (χ2n) is 6.13. The first-order valence-corrected chi connectivity index (χ1v) is 8.96. The molecule has 0 unspecified atom stereocenters. The van der Waals surface area contributed by atoms with Gasteiger partial charge in [-0.25, -0.2) is 0 Å². The molecule has 140 valence electrons. The van der Waals surface area contributed by atoms with Crippen LogP contribution in [-0.2, 0) is 11.2 Å². The number of carbonyl (C=O) groups is 1. The molecule has 27 heavy (non-hydrogen) atoms. The molecule has 2 aromatic carbocycles. The maximum absolute atomic E-state index is 12.1. The number of nitrogens with one attached hydrogen (secondary N) is 1. The van der Waals surface area contributed by atoms with Crippen LogP contribution in [0, 0.1) is 6.92 Å². The Labute approximate surface area is 162 Å². The van der Waals surface area contributed by atoms with Gasteiger partial charge in [-0.15, -0.1) is 0 Å². The second kappa shape index (κ2) is 8.68. The van der Waals surface area contributed by atoms with E-state index in [0.717, 1.165) is 16.9 Å². The van der Waals surface area contributed by atoms with Crippen LogP contribution in [0.4, 0.5) is 5.69 Å². The summed E-state index contributed by atoms with van der Waals surface area (Å²) in [5, 5.41) is 7.33. The largest absolute Gasteiger partial charge is 0.497 e. The van der Waals surface area contributed by atoms with Crippen molar-refractivity contribution in [2.45, 2.75) is 26.2 Å². The van der Waals surface area contributed by atoms with Crippen molar-refractivity contribution in [2.24, 2.45) is 0 Å². The highest BCUT2D eigenvalue weighted by Gasteiger charge is 2.11. The van der Waals surface area contributed by atoms with Crippen molar-refractivity contribution < 1.29 is 14.1 Å². The molecule has 6 nitrogen and oxygen atoms in total. The van der Waals surface area contributed by atoms with Gasteiger partial charge in [0, 0.05) is 18.4 Å². The molecule has 3 rings (SSSR count). The Morgan fingerprint density at radius 3 is 2.70 bits per heavy atom. The summed E-state index contributed by atoms with van der Waals surface area (Å²) in [6, 6.07) is 12.9. The Morgan fingerprint density at radius 2 is 2.00 bits per heavy atom. The summed E-state index contributed by atoms with van der Waals surface area (Å²) in [5.74, 6) is 1.68. The number of rotatable bonds is 7. The lowest BCUT2D eigenvalue weighted by Gasteiger charge is -2.07. The molecule has 0 radical (unpaired) electrons. The number of anilines is 1. The Bertz CT molecular complexity index is 922. The van der Waals surface area contributed by atoms with Crippen molar-refractivity contribution in [3.05, 3.63) is 58.9 Å². The fraction of sp³-hybridized carbons (Fsp3) is 0.250. The third-order valence-electron chi connectivity index (χ3n) is 4.01. The van der Waals surface area contributed by atoms with Crippen LogP contribution < -0.4 is 10.1 Å². The number of ether oxygens (including phenoxy) is 1. The molecular formula is C20H20ClN3O3. The summed E-state index contributed by atoms with van der Waals surface area (Å²) < 4.78 is 10.4.